The molecule has 3 fully saturated rings. The molecule has 8 nitrogen and oxygen atoms in total. The number of unbranched alkanes of at least 4 members (excludes halogenated alkanes) is 2. The molecular formula is C31H50N2O6. The number of fused-ring (bicyclic) bond motifs is 1. The van der Waals surface area contributed by atoms with Crippen LogP contribution >= 0.6 is 0 Å². The van der Waals surface area contributed by atoms with Crippen LogP contribution in [0.15, 0.2) is 25.3 Å². The minimum atomic E-state index is -1.09. The van der Waals surface area contributed by atoms with Gasteiger partial charge in [0.2, 0.25) is 11.8 Å². The second-order valence-electron chi connectivity index (χ2n) is 13.6. The standard InChI is InChI=1S/C31H50N2O6/c1-9-11-14-20-38-27(37)23-22-25(35)32(18-12-13-19-34)24(31(22)16-15-30(23,8)39-31)26(36)33(17-10-2)29(6,7)21-28(3,4)5/h9-10,22-24,34H,1-2,11-21H2,3-8H3/t22-,23+,24?,30-,31?/m0/s1. The maximum atomic E-state index is 14.6. The number of aliphatic hydroxyl groups excluding tert-OH is 1. The topological polar surface area (TPSA) is 96.4 Å². The molecule has 0 aromatic heterocycles. The summed E-state index contributed by atoms with van der Waals surface area (Å²) in [7, 11) is 0. The maximum absolute atomic E-state index is 14.6. The molecular weight excluding hydrogens is 496 g/mol. The van der Waals surface area contributed by atoms with Gasteiger partial charge in [0, 0.05) is 25.2 Å². The largest absolute Gasteiger partial charge is 0.465 e. The molecule has 8 heteroatoms. The van der Waals surface area contributed by atoms with Gasteiger partial charge in [0.05, 0.1) is 18.1 Å². The molecule has 220 valence electrons. The third kappa shape index (κ3) is 5.97. The van der Waals surface area contributed by atoms with E-state index in [9.17, 15) is 19.5 Å². The highest BCUT2D eigenvalue weighted by Crippen LogP contribution is 2.63. The quantitative estimate of drug-likeness (QED) is 0.199. The number of carbonyl (C=O) groups excluding carboxylic acids is 3. The van der Waals surface area contributed by atoms with Gasteiger partial charge in [0.25, 0.3) is 0 Å². The molecule has 0 radical (unpaired) electrons. The van der Waals surface area contributed by atoms with E-state index in [1.54, 1.807) is 17.1 Å². The Labute approximate surface area is 234 Å². The number of hydrogen-bond acceptors (Lipinski definition) is 6. The van der Waals surface area contributed by atoms with E-state index in [1.807, 2.05) is 11.8 Å². The van der Waals surface area contributed by atoms with E-state index in [4.69, 9.17) is 9.47 Å². The van der Waals surface area contributed by atoms with Crippen LogP contribution in [0, 0.1) is 17.3 Å². The van der Waals surface area contributed by atoms with E-state index in [2.05, 4.69) is 47.8 Å². The second-order valence-corrected chi connectivity index (χ2v) is 13.6. The summed E-state index contributed by atoms with van der Waals surface area (Å²) < 4.78 is 12.4. The summed E-state index contributed by atoms with van der Waals surface area (Å²) in [5, 5.41) is 9.41. The molecule has 5 atom stereocenters. The van der Waals surface area contributed by atoms with Gasteiger partial charge in [0.15, 0.2) is 0 Å². The Balaban J connectivity index is 2.03. The number of hydrogen-bond donors (Lipinski definition) is 1. The minimum Gasteiger partial charge on any atom is -0.465 e. The second kappa shape index (κ2) is 11.7. The predicted octanol–water partition coefficient (Wildman–Crippen LogP) is 4.26. The first kappa shape index (κ1) is 31.3. The lowest BCUT2D eigenvalue weighted by Crippen LogP contribution is -2.61. The molecule has 3 heterocycles. The Bertz CT molecular complexity index is 955. The van der Waals surface area contributed by atoms with Crippen molar-refractivity contribution < 1.29 is 29.0 Å². The van der Waals surface area contributed by atoms with E-state index in [-0.39, 0.29) is 30.4 Å². The van der Waals surface area contributed by atoms with Crippen LogP contribution in [-0.2, 0) is 23.9 Å². The minimum absolute atomic E-state index is 0.00461. The van der Waals surface area contributed by atoms with Gasteiger partial charge in [-0.25, -0.2) is 0 Å². The molecule has 3 saturated heterocycles. The number of rotatable bonds is 14. The molecule has 39 heavy (non-hydrogen) atoms. The molecule has 1 N–H and O–H groups in total. The van der Waals surface area contributed by atoms with Gasteiger partial charge < -0.3 is 24.4 Å². The Morgan fingerprint density at radius 1 is 1.15 bits per heavy atom. The summed E-state index contributed by atoms with van der Waals surface area (Å²) >= 11 is 0. The van der Waals surface area contributed by atoms with Crippen LogP contribution in [0.5, 0.6) is 0 Å². The molecule has 0 aliphatic carbocycles. The number of allylic oxidation sites excluding steroid dienone is 1. The molecule has 3 aliphatic heterocycles. The third-order valence-corrected chi connectivity index (χ3v) is 8.64. The Morgan fingerprint density at radius 2 is 1.85 bits per heavy atom. The van der Waals surface area contributed by atoms with E-state index in [0.717, 1.165) is 12.8 Å². The van der Waals surface area contributed by atoms with Gasteiger partial charge in [-0.15, -0.1) is 13.2 Å². The predicted molar refractivity (Wildman–Crippen MR) is 151 cm³/mol. The van der Waals surface area contributed by atoms with Crippen molar-refractivity contribution in [1.82, 2.24) is 9.80 Å². The molecule has 0 saturated carbocycles. The van der Waals surface area contributed by atoms with E-state index >= 15 is 0 Å². The zero-order valence-corrected chi connectivity index (χ0v) is 25.0. The summed E-state index contributed by atoms with van der Waals surface area (Å²) in [6, 6.07) is -0.853. The summed E-state index contributed by atoms with van der Waals surface area (Å²) in [6.07, 6.45) is 7.81. The Kier molecular flexibility index (Phi) is 9.43. The van der Waals surface area contributed by atoms with Crippen LogP contribution in [0.25, 0.3) is 0 Å². The van der Waals surface area contributed by atoms with E-state index in [0.29, 0.717) is 45.2 Å². The highest BCUT2D eigenvalue weighted by atomic mass is 16.6. The monoisotopic (exact) mass is 546 g/mol. The van der Waals surface area contributed by atoms with Crippen molar-refractivity contribution in [2.75, 3.05) is 26.3 Å². The van der Waals surface area contributed by atoms with Crippen LogP contribution in [0.2, 0.25) is 0 Å². The zero-order valence-electron chi connectivity index (χ0n) is 25.0. The highest BCUT2D eigenvalue weighted by molar-refractivity contribution is 5.98. The van der Waals surface area contributed by atoms with Crippen molar-refractivity contribution in [3.05, 3.63) is 25.3 Å². The zero-order chi connectivity index (χ0) is 29.2. The van der Waals surface area contributed by atoms with Crippen LogP contribution in [-0.4, -0.2) is 81.8 Å². The number of carbonyl (C=O) groups is 3. The fourth-order valence-electron chi connectivity index (χ4n) is 7.49. The van der Waals surface area contributed by atoms with Gasteiger partial charge in [-0.3, -0.25) is 14.4 Å². The summed E-state index contributed by atoms with van der Waals surface area (Å²) in [4.78, 5) is 45.7. The van der Waals surface area contributed by atoms with Crippen LogP contribution in [0.4, 0.5) is 0 Å². The molecule has 0 aromatic rings. The lowest BCUT2D eigenvalue weighted by Gasteiger charge is -2.45. The molecule has 2 unspecified atom stereocenters. The van der Waals surface area contributed by atoms with Crippen molar-refractivity contribution in [3.63, 3.8) is 0 Å². The SMILES string of the molecule is C=CCCCOC(=O)[C@H]1[C@H]2C(=O)N(CCCCO)C(C(=O)N(CC=C)C(C)(C)CC(C)(C)C)C23CC[C@]1(C)O3. The number of esters is 1. The Morgan fingerprint density at radius 3 is 2.44 bits per heavy atom. The van der Waals surface area contributed by atoms with Crippen molar-refractivity contribution >= 4 is 17.8 Å². The number of likely N-dealkylation sites (tertiary alicyclic amines) is 1. The maximum Gasteiger partial charge on any atom is 0.312 e. The molecule has 1 spiro atoms. The molecule has 0 aromatic carbocycles. The first-order valence-corrected chi connectivity index (χ1v) is 14.5. The summed E-state index contributed by atoms with van der Waals surface area (Å²) in [5.74, 6) is -2.37. The van der Waals surface area contributed by atoms with Gasteiger partial charge in [-0.1, -0.05) is 32.9 Å². The average Bonchev–Trinajstić information content (AvgIpc) is 3.39. The van der Waals surface area contributed by atoms with Gasteiger partial charge >= 0.3 is 5.97 Å². The van der Waals surface area contributed by atoms with Crippen molar-refractivity contribution in [1.29, 1.82) is 0 Å². The van der Waals surface area contributed by atoms with Crippen LogP contribution < -0.4 is 0 Å². The number of aliphatic hydroxyl groups is 1. The fraction of sp³-hybridized carbons (Fsp3) is 0.774. The summed E-state index contributed by atoms with van der Waals surface area (Å²) in [6.45, 7) is 21.0. The van der Waals surface area contributed by atoms with Gasteiger partial charge in [-0.05, 0) is 71.1 Å². The highest BCUT2D eigenvalue weighted by Gasteiger charge is 2.78. The number of ether oxygens (including phenoxy) is 2. The Hall–Kier alpha value is -2.19. The summed E-state index contributed by atoms with van der Waals surface area (Å²) in [5.41, 5.74) is -2.51. The molecule has 3 aliphatic rings. The van der Waals surface area contributed by atoms with Crippen LogP contribution in [0.1, 0.15) is 86.5 Å². The fourth-order valence-corrected chi connectivity index (χ4v) is 7.49. The van der Waals surface area contributed by atoms with Crippen molar-refractivity contribution in [2.45, 2.75) is 109 Å². The van der Waals surface area contributed by atoms with Gasteiger partial charge in [-0.2, -0.15) is 0 Å². The number of amides is 2. The van der Waals surface area contributed by atoms with Crippen molar-refractivity contribution in [2.24, 2.45) is 17.3 Å². The van der Waals surface area contributed by atoms with E-state index in [1.165, 1.54) is 0 Å². The third-order valence-electron chi connectivity index (χ3n) is 8.64. The number of nitrogens with zero attached hydrogens (tertiary/aromatic N) is 2. The normalized spacial score (nSPS) is 29.9. The molecule has 3 rings (SSSR count). The van der Waals surface area contributed by atoms with Gasteiger partial charge in [0.1, 0.15) is 17.6 Å². The lowest BCUT2D eigenvalue weighted by atomic mass is 9.66. The van der Waals surface area contributed by atoms with Crippen molar-refractivity contribution in [3.8, 4) is 0 Å². The smallest absolute Gasteiger partial charge is 0.312 e. The van der Waals surface area contributed by atoms with E-state index < -0.39 is 40.6 Å². The molecule has 2 bridgehead atoms. The van der Waals surface area contributed by atoms with Crippen LogP contribution in [0.3, 0.4) is 0 Å². The average molecular weight is 547 g/mol. The molecule has 2 amide bonds. The first-order valence-electron chi connectivity index (χ1n) is 14.5. The first-order chi connectivity index (χ1) is 18.2. The lowest BCUT2D eigenvalue weighted by molar-refractivity contribution is -0.161.